The van der Waals surface area contributed by atoms with Crippen LogP contribution in [0.2, 0.25) is 0 Å². The van der Waals surface area contributed by atoms with Crippen LogP contribution in [0.25, 0.3) is 0 Å². The summed E-state index contributed by atoms with van der Waals surface area (Å²) in [5.74, 6) is -0.539. The summed E-state index contributed by atoms with van der Waals surface area (Å²) in [5.41, 5.74) is -0.0392. The molecular formula is C7H5F5N2O. The van der Waals surface area contributed by atoms with Crippen LogP contribution in [0.15, 0.2) is 10.9 Å². The summed E-state index contributed by atoms with van der Waals surface area (Å²) in [4.78, 5) is 12.5. The van der Waals surface area contributed by atoms with Crippen molar-refractivity contribution in [2.75, 3.05) is 5.73 Å². The Kier molecular flexibility index (Phi) is 2.69. The highest BCUT2D eigenvalue weighted by atomic mass is 19.4. The van der Waals surface area contributed by atoms with Gasteiger partial charge in [-0.25, -0.2) is 8.78 Å². The lowest BCUT2D eigenvalue weighted by molar-refractivity contribution is -0.140. The average Bonchev–Trinajstić information content (AvgIpc) is 1.99. The number of halogens is 5. The van der Waals surface area contributed by atoms with Crippen molar-refractivity contribution in [2.24, 2.45) is 0 Å². The average molecular weight is 228 g/mol. The van der Waals surface area contributed by atoms with Crippen LogP contribution in [0.3, 0.4) is 0 Å². The molecular weight excluding hydrogens is 223 g/mol. The Balaban J connectivity index is 3.55. The highest BCUT2D eigenvalue weighted by Crippen LogP contribution is 2.33. The molecule has 0 atom stereocenters. The van der Waals surface area contributed by atoms with Gasteiger partial charge in [0.2, 0.25) is 0 Å². The SMILES string of the molecule is Nc1cc(=O)c(C(F)(F)F)c(C(F)F)[nH]1. The maximum atomic E-state index is 12.2. The number of aromatic amines is 1. The fourth-order valence-electron chi connectivity index (χ4n) is 1.06. The fraction of sp³-hybridized carbons (Fsp3) is 0.286. The molecule has 0 spiro atoms. The summed E-state index contributed by atoms with van der Waals surface area (Å²) in [5, 5.41) is 0. The quantitative estimate of drug-likeness (QED) is 0.721. The van der Waals surface area contributed by atoms with Crippen LogP contribution in [0.4, 0.5) is 27.8 Å². The van der Waals surface area contributed by atoms with E-state index >= 15 is 0 Å². The van der Waals surface area contributed by atoms with Gasteiger partial charge in [-0.15, -0.1) is 0 Å². The second-order valence-electron chi connectivity index (χ2n) is 2.68. The van der Waals surface area contributed by atoms with Gasteiger partial charge in [-0.3, -0.25) is 4.79 Å². The summed E-state index contributed by atoms with van der Waals surface area (Å²) in [7, 11) is 0. The van der Waals surface area contributed by atoms with Crippen molar-refractivity contribution in [2.45, 2.75) is 12.6 Å². The first-order chi connectivity index (χ1) is 6.73. The minimum atomic E-state index is -5.13. The van der Waals surface area contributed by atoms with E-state index in [9.17, 15) is 26.7 Å². The standard InChI is InChI=1S/C7H5F5N2O/c8-6(9)5-4(7(10,11)12)2(15)1-3(13)14-5/h1,6H,(H3,13,14,15). The molecule has 3 nitrogen and oxygen atoms in total. The van der Waals surface area contributed by atoms with Crippen LogP contribution >= 0.6 is 0 Å². The monoisotopic (exact) mass is 228 g/mol. The van der Waals surface area contributed by atoms with Gasteiger partial charge in [0.15, 0.2) is 5.43 Å². The van der Waals surface area contributed by atoms with Crippen LogP contribution in [0.1, 0.15) is 17.7 Å². The van der Waals surface area contributed by atoms with Gasteiger partial charge in [-0.2, -0.15) is 13.2 Å². The van der Waals surface area contributed by atoms with Crippen molar-refractivity contribution >= 4 is 5.82 Å². The Hall–Kier alpha value is -1.60. The van der Waals surface area contributed by atoms with Crippen LogP contribution in [-0.2, 0) is 6.18 Å². The van der Waals surface area contributed by atoms with E-state index in [1.165, 1.54) is 0 Å². The van der Waals surface area contributed by atoms with Crippen LogP contribution in [-0.4, -0.2) is 4.98 Å². The van der Waals surface area contributed by atoms with E-state index in [-0.39, 0.29) is 0 Å². The number of pyridine rings is 1. The molecule has 0 aromatic carbocycles. The number of hydrogen-bond acceptors (Lipinski definition) is 2. The second-order valence-corrected chi connectivity index (χ2v) is 2.68. The minimum Gasteiger partial charge on any atom is -0.385 e. The molecule has 1 rings (SSSR count). The Morgan fingerprint density at radius 3 is 2.27 bits per heavy atom. The van der Waals surface area contributed by atoms with Crippen LogP contribution in [0.5, 0.6) is 0 Å². The molecule has 84 valence electrons. The van der Waals surface area contributed by atoms with Crippen molar-refractivity contribution < 1.29 is 22.0 Å². The van der Waals surface area contributed by atoms with Gasteiger partial charge in [0.25, 0.3) is 6.43 Å². The molecule has 1 heterocycles. The zero-order valence-electron chi connectivity index (χ0n) is 7.03. The van der Waals surface area contributed by atoms with E-state index in [0.717, 1.165) is 0 Å². The molecule has 0 aliphatic heterocycles. The van der Waals surface area contributed by atoms with Crippen molar-refractivity contribution in [1.29, 1.82) is 0 Å². The summed E-state index contributed by atoms with van der Waals surface area (Å²) in [6.45, 7) is 0. The van der Waals surface area contributed by atoms with Crippen LogP contribution in [0, 0.1) is 0 Å². The Bertz CT molecular complexity index is 422. The third-order valence-electron chi connectivity index (χ3n) is 1.58. The normalized spacial score (nSPS) is 12.1. The van der Waals surface area contributed by atoms with E-state index in [1.54, 1.807) is 4.98 Å². The predicted octanol–water partition coefficient (Wildman–Crippen LogP) is 1.91. The van der Waals surface area contributed by atoms with Crippen molar-refractivity contribution in [3.63, 3.8) is 0 Å². The zero-order chi connectivity index (χ0) is 11.8. The number of alkyl halides is 5. The lowest BCUT2D eigenvalue weighted by atomic mass is 10.1. The molecule has 0 unspecified atom stereocenters. The summed E-state index contributed by atoms with van der Waals surface area (Å²) in [6, 6.07) is 0.411. The molecule has 1 aromatic rings. The minimum absolute atomic E-state index is 0.411. The molecule has 3 N–H and O–H groups in total. The highest BCUT2D eigenvalue weighted by Gasteiger charge is 2.39. The molecule has 8 heteroatoms. The first-order valence-corrected chi connectivity index (χ1v) is 3.61. The van der Waals surface area contributed by atoms with Gasteiger partial charge in [0.1, 0.15) is 11.4 Å². The molecule has 15 heavy (non-hydrogen) atoms. The molecule has 0 radical (unpaired) electrons. The predicted molar refractivity (Wildman–Crippen MR) is 41.4 cm³/mol. The second kappa shape index (κ2) is 3.52. The largest absolute Gasteiger partial charge is 0.422 e. The van der Waals surface area contributed by atoms with Gasteiger partial charge in [-0.1, -0.05) is 0 Å². The third-order valence-corrected chi connectivity index (χ3v) is 1.58. The molecule has 0 saturated heterocycles. The Labute approximate surface area is 79.7 Å². The van der Waals surface area contributed by atoms with Crippen molar-refractivity contribution in [1.82, 2.24) is 4.98 Å². The number of H-pyrrole nitrogens is 1. The maximum Gasteiger partial charge on any atom is 0.422 e. The number of hydrogen-bond donors (Lipinski definition) is 2. The molecule has 0 bridgehead atoms. The van der Waals surface area contributed by atoms with E-state index in [2.05, 4.69) is 0 Å². The summed E-state index contributed by atoms with van der Waals surface area (Å²) in [6.07, 6.45) is -8.58. The molecule has 0 amide bonds. The van der Waals surface area contributed by atoms with Crippen molar-refractivity contribution in [3.8, 4) is 0 Å². The lowest BCUT2D eigenvalue weighted by Gasteiger charge is -2.11. The number of aromatic nitrogens is 1. The topological polar surface area (TPSA) is 58.9 Å². The van der Waals surface area contributed by atoms with E-state index in [4.69, 9.17) is 5.73 Å². The first-order valence-electron chi connectivity index (χ1n) is 3.61. The molecule has 1 aromatic heterocycles. The van der Waals surface area contributed by atoms with Gasteiger partial charge < -0.3 is 10.7 Å². The number of nitrogen functional groups attached to an aromatic ring is 1. The molecule has 0 aliphatic carbocycles. The maximum absolute atomic E-state index is 12.2. The third kappa shape index (κ3) is 2.25. The smallest absolute Gasteiger partial charge is 0.385 e. The van der Waals surface area contributed by atoms with E-state index in [1.807, 2.05) is 0 Å². The van der Waals surface area contributed by atoms with Crippen LogP contribution < -0.4 is 11.2 Å². The Morgan fingerprint density at radius 1 is 1.33 bits per heavy atom. The van der Waals surface area contributed by atoms with E-state index in [0.29, 0.717) is 6.07 Å². The lowest BCUT2D eigenvalue weighted by Crippen LogP contribution is -2.23. The zero-order valence-corrected chi connectivity index (χ0v) is 7.03. The van der Waals surface area contributed by atoms with Crippen molar-refractivity contribution in [3.05, 3.63) is 27.5 Å². The van der Waals surface area contributed by atoms with E-state index < -0.39 is 35.1 Å². The fourth-order valence-corrected chi connectivity index (χ4v) is 1.06. The van der Waals surface area contributed by atoms with Gasteiger partial charge in [0.05, 0.1) is 5.69 Å². The van der Waals surface area contributed by atoms with Gasteiger partial charge in [0, 0.05) is 6.07 Å². The Morgan fingerprint density at radius 2 is 1.87 bits per heavy atom. The molecule has 0 aliphatic rings. The number of nitrogens with two attached hydrogens (primary N) is 1. The molecule has 0 fully saturated rings. The summed E-state index contributed by atoms with van der Waals surface area (Å²) < 4.78 is 61.0. The number of anilines is 1. The number of nitrogens with one attached hydrogen (secondary N) is 1. The highest BCUT2D eigenvalue weighted by molar-refractivity contribution is 5.36. The number of rotatable bonds is 1. The summed E-state index contributed by atoms with van der Waals surface area (Å²) >= 11 is 0. The van der Waals surface area contributed by atoms with Gasteiger partial charge >= 0.3 is 6.18 Å². The first kappa shape index (κ1) is 11.5. The van der Waals surface area contributed by atoms with Gasteiger partial charge in [-0.05, 0) is 0 Å². The molecule has 0 saturated carbocycles.